The van der Waals surface area contributed by atoms with Gasteiger partial charge in [-0.2, -0.15) is 0 Å². The highest BCUT2D eigenvalue weighted by atomic mass is 16.5. The molecule has 2 heteroatoms. The molecule has 1 aliphatic heterocycles. The molecule has 0 amide bonds. The fourth-order valence-corrected chi connectivity index (χ4v) is 15.2. The van der Waals surface area contributed by atoms with Crippen molar-refractivity contribution in [2.24, 2.45) is 29.1 Å². The van der Waals surface area contributed by atoms with Crippen molar-refractivity contribution in [3.63, 3.8) is 0 Å². The first-order valence-electron chi connectivity index (χ1n) is 22.6. The number of hydrogen-bond donors (Lipinski definition) is 0. The second-order valence-electron chi connectivity index (χ2n) is 21.6. The van der Waals surface area contributed by atoms with E-state index in [0.29, 0.717) is 17.3 Å². The van der Waals surface area contributed by atoms with Crippen LogP contribution in [0.3, 0.4) is 0 Å². The lowest BCUT2D eigenvalue weighted by Crippen LogP contribution is -2.74. The molecule has 59 heavy (non-hydrogen) atoms. The van der Waals surface area contributed by atoms with E-state index in [2.05, 4.69) is 174 Å². The lowest BCUT2D eigenvalue weighted by Gasteiger charge is -2.77. The highest BCUT2D eigenvalue weighted by molar-refractivity contribution is 5.91. The summed E-state index contributed by atoms with van der Waals surface area (Å²) in [5.41, 5.74) is 18.1. The van der Waals surface area contributed by atoms with Gasteiger partial charge in [-0.3, -0.25) is 0 Å². The predicted octanol–water partition coefficient (Wildman–Crippen LogP) is 14.9. The Morgan fingerprint density at radius 3 is 1.98 bits per heavy atom. The van der Waals surface area contributed by atoms with Crippen molar-refractivity contribution in [2.75, 3.05) is 4.90 Å². The molecule has 6 unspecified atom stereocenters. The third kappa shape index (κ3) is 4.15. The zero-order chi connectivity index (χ0) is 39.8. The van der Waals surface area contributed by atoms with Crippen molar-refractivity contribution in [1.29, 1.82) is 0 Å². The van der Waals surface area contributed by atoms with Crippen molar-refractivity contribution < 1.29 is 4.74 Å². The summed E-state index contributed by atoms with van der Waals surface area (Å²) >= 11 is 0. The van der Waals surface area contributed by atoms with E-state index >= 15 is 0 Å². The van der Waals surface area contributed by atoms with Crippen LogP contribution in [-0.4, -0.2) is 0 Å². The van der Waals surface area contributed by atoms with Crippen LogP contribution in [-0.2, 0) is 21.7 Å². The van der Waals surface area contributed by atoms with Gasteiger partial charge in [0.05, 0.1) is 5.69 Å². The summed E-state index contributed by atoms with van der Waals surface area (Å²) in [7, 11) is 0. The fourth-order valence-electron chi connectivity index (χ4n) is 15.2. The van der Waals surface area contributed by atoms with Gasteiger partial charge in [-0.25, -0.2) is 0 Å². The van der Waals surface area contributed by atoms with E-state index in [9.17, 15) is 0 Å². The maximum atomic E-state index is 7.55. The van der Waals surface area contributed by atoms with Crippen molar-refractivity contribution in [1.82, 2.24) is 0 Å². The van der Waals surface area contributed by atoms with Crippen LogP contribution >= 0.6 is 0 Å². The third-order valence-corrected chi connectivity index (χ3v) is 17.8. The highest BCUT2D eigenvalue weighted by Crippen LogP contribution is 2.90. The Kier molecular flexibility index (Phi) is 6.59. The number of hydrogen-bond acceptors (Lipinski definition) is 2. The molecule has 2 spiro atoms. The molecule has 6 aromatic carbocycles. The van der Waals surface area contributed by atoms with Gasteiger partial charge in [0.2, 0.25) is 0 Å². The van der Waals surface area contributed by atoms with Gasteiger partial charge in [-0.05, 0) is 159 Å². The summed E-state index contributed by atoms with van der Waals surface area (Å²) in [6.45, 7) is 14.6. The van der Waals surface area contributed by atoms with Crippen LogP contribution < -0.4 is 9.64 Å². The van der Waals surface area contributed by atoms with Crippen LogP contribution in [0.25, 0.3) is 22.3 Å². The number of nitrogens with zero attached hydrogens (tertiary/aromatic N) is 1. The molecule has 2 nitrogen and oxygen atoms in total. The van der Waals surface area contributed by atoms with E-state index in [1.807, 2.05) is 0 Å². The Morgan fingerprint density at radius 1 is 0.542 bits per heavy atom. The number of benzene rings is 6. The van der Waals surface area contributed by atoms with Gasteiger partial charge < -0.3 is 9.64 Å². The van der Waals surface area contributed by atoms with Crippen molar-refractivity contribution in [2.45, 2.75) is 102 Å². The van der Waals surface area contributed by atoms with E-state index in [0.717, 1.165) is 29.0 Å². The Hall–Kier alpha value is -5.08. The molecule has 1 heterocycles. The van der Waals surface area contributed by atoms with Crippen LogP contribution in [0.15, 0.2) is 127 Å². The normalized spacial score (nSPS) is 29.5. The molecule has 0 radical (unpaired) electrons. The number of para-hydroxylation sites is 1. The molecule has 2 bridgehead atoms. The maximum Gasteiger partial charge on any atom is 0.156 e. The first-order chi connectivity index (χ1) is 28.4. The minimum Gasteiger partial charge on any atom is -0.454 e. The number of fused-ring (bicyclic) bond motifs is 11. The largest absolute Gasteiger partial charge is 0.454 e. The van der Waals surface area contributed by atoms with Gasteiger partial charge in [0.15, 0.2) is 5.75 Å². The second kappa shape index (κ2) is 11.2. The standard InChI is InChI=1S/C57H55NO/c1-53(2)26-27-54(3,4)46-32-38(21-24-43(46)53)58(37-20-22-41-40-16-10-11-17-42(40)55(5,6)45(41)31-37)47-25-23-39(35-14-8-7-9-15-35)51-52(47)59-48-19-13-12-18-44(48)57(51)49-29-34-28-36-30-50(57)56(36,49)33-34/h7-25,31-32,34,36,49-50H,26-30,33H2,1-6H3. The van der Waals surface area contributed by atoms with E-state index in [4.69, 9.17) is 4.74 Å². The lowest BCUT2D eigenvalue weighted by atomic mass is 9.26. The van der Waals surface area contributed by atoms with Gasteiger partial charge in [0, 0.05) is 33.3 Å². The average Bonchev–Trinajstić information content (AvgIpc) is 3.85. The quantitative estimate of drug-likeness (QED) is 0.177. The van der Waals surface area contributed by atoms with Crippen molar-refractivity contribution in [3.8, 4) is 33.8 Å². The van der Waals surface area contributed by atoms with Gasteiger partial charge in [0.25, 0.3) is 0 Å². The molecule has 0 aromatic heterocycles. The average molecular weight is 770 g/mol. The fraction of sp³-hybridized carbons (Fsp3) is 0.368. The topological polar surface area (TPSA) is 12.5 Å². The zero-order valence-electron chi connectivity index (χ0n) is 35.5. The smallest absolute Gasteiger partial charge is 0.156 e. The monoisotopic (exact) mass is 769 g/mol. The second-order valence-corrected chi connectivity index (χ2v) is 21.6. The number of rotatable bonds is 4. The highest BCUT2D eigenvalue weighted by Gasteiger charge is 2.84. The third-order valence-electron chi connectivity index (χ3n) is 17.8. The van der Waals surface area contributed by atoms with Gasteiger partial charge in [-0.1, -0.05) is 133 Å². The molecule has 6 aromatic rings. The SMILES string of the molecule is CC1(C)CCC(C)(C)c2cc(N(c3ccc4c(c3)C(C)(C)c3ccccc3-4)c3ccc(-c4ccccc4)c4c3Oc3ccccc3C43C4CC5CC6CC3C64C5)ccc21. The summed E-state index contributed by atoms with van der Waals surface area (Å²) in [4.78, 5) is 2.59. The summed E-state index contributed by atoms with van der Waals surface area (Å²) in [6.07, 6.45) is 7.97. The zero-order valence-corrected chi connectivity index (χ0v) is 35.5. The van der Waals surface area contributed by atoms with Crippen LogP contribution in [0.2, 0.25) is 0 Å². The van der Waals surface area contributed by atoms with Crippen LogP contribution in [0.4, 0.5) is 17.1 Å². The van der Waals surface area contributed by atoms with Crippen LogP contribution in [0.1, 0.15) is 113 Å². The first-order valence-corrected chi connectivity index (χ1v) is 22.6. The molecule has 0 saturated heterocycles. The number of anilines is 3. The predicted molar refractivity (Wildman–Crippen MR) is 242 cm³/mol. The molecular formula is C57H55NO. The van der Waals surface area contributed by atoms with E-state index in [-0.39, 0.29) is 21.7 Å². The molecule has 6 aliphatic carbocycles. The van der Waals surface area contributed by atoms with Crippen LogP contribution in [0, 0.1) is 29.1 Å². The van der Waals surface area contributed by atoms with E-state index < -0.39 is 0 Å². The Bertz CT molecular complexity index is 2790. The summed E-state index contributed by atoms with van der Waals surface area (Å²) in [6, 6.07) is 49.1. The molecule has 4 saturated carbocycles. The minimum absolute atomic E-state index is 0.0634. The summed E-state index contributed by atoms with van der Waals surface area (Å²) in [5, 5.41) is 0. The molecule has 0 N–H and O–H groups in total. The van der Waals surface area contributed by atoms with Gasteiger partial charge >= 0.3 is 0 Å². The molecule has 4 fully saturated rings. The molecular weight excluding hydrogens is 715 g/mol. The van der Waals surface area contributed by atoms with E-state index in [1.165, 1.54) is 106 Å². The number of ether oxygens (including phenoxy) is 1. The van der Waals surface area contributed by atoms with Gasteiger partial charge in [0.1, 0.15) is 5.75 Å². The van der Waals surface area contributed by atoms with Crippen LogP contribution in [0.5, 0.6) is 11.5 Å². The van der Waals surface area contributed by atoms with Gasteiger partial charge in [-0.15, -0.1) is 0 Å². The minimum atomic E-state index is -0.117. The summed E-state index contributed by atoms with van der Waals surface area (Å²) in [5.74, 6) is 5.20. The first kappa shape index (κ1) is 34.8. The Labute approximate surface area is 350 Å². The Morgan fingerprint density at radius 2 is 1.19 bits per heavy atom. The maximum absolute atomic E-state index is 7.55. The van der Waals surface area contributed by atoms with E-state index in [1.54, 1.807) is 0 Å². The molecule has 294 valence electrons. The lowest BCUT2D eigenvalue weighted by molar-refractivity contribution is -0.234. The Balaban J connectivity index is 1.10. The molecule has 6 atom stereocenters. The molecule has 7 aliphatic rings. The molecule has 13 rings (SSSR count). The van der Waals surface area contributed by atoms with Crippen molar-refractivity contribution >= 4 is 17.1 Å². The van der Waals surface area contributed by atoms with Crippen molar-refractivity contribution in [3.05, 3.63) is 161 Å². The summed E-state index contributed by atoms with van der Waals surface area (Å²) < 4.78 is 7.55.